The van der Waals surface area contributed by atoms with Crippen molar-refractivity contribution in [3.8, 4) is 0 Å². The van der Waals surface area contributed by atoms with Gasteiger partial charge in [0.1, 0.15) is 6.04 Å². The second-order valence-corrected chi connectivity index (χ2v) is 10.3. The quantitative estimate of drug-likeness (QED) is 0.207. The molecule has 5 amide bonds. The minimum absolute atomic E-state index is 0.0145. The summed E-state index contributed by atoms with van der Waals surface area (Å²) in [6.45, 7) is 1.75. The highest BCUT2D eigenvalue weighted by atomic mass is 19.4. The average molecular weight is 615 g/mol. The summed E-state index contributed by atoms with van der Waals surface area (Å²) < 4.78 is 47.2. The third-order valence-corrected chi connectivity index (χ3v) is 7.33. The predicted octanol–water partition coefficient (Wildman–Crippen LogP) is 0.634. The van der Waals surface area contributed by atoms with Crippen LogP contribution in [0.15, 0.2) is 24.3 Å². The maximum absolute atomic E-state index is 14.1. The van der Waals surface area contributed by atoms with Crippen LogP contribution in [0.4, 0.5) is 18.0 Å². The van der Waals surface area contributed by atoms with Crippen LogP contribution in [0.25, 0.3) is 0 Å². The molecule has 1 aromatic rings. The molecule has 1 aromatic carbocycles. The maximum atomic E-state index is 14.1. The molecule has 2 aliphatic heterocycles. The Morgan fingerprint density at radius 3 is 2.42 bits per heavy atom. The van der Waals surface area contributed by atoms with Gasteiger partial charge in [0.2, 0.25) is 23.6 Å². The van der Waals surface area contributed by atoms with E-state index in [1.54, 1.807) is 4.90 Å². The van der Waals surface area contributed by atoms with Gasteiger partial charge in [-0.1, -0.05) is 18.2 Å². The zero-order valence-corrected chi connectivity index (χ0v) is 23.5. The number of nitrogens with one attached hydrogen (secondary N) is 5. The molecule has 2 heterocycles. The van der Waals surface area contributed by atoms with Crippen LogP contribution in [0.5, 0.6) is 0 Å². The first-order valence-corrected chi connectivity index (χ1v) is 14.1. The van der Waals surface area contributed by atoms with Crippen molar-refractivity contribution in [2.45, 2.75) is 50.2 Å². The molecule has 0 spiro atoms. The molecular weight excluding hydrogens is 577 g/mol. The van der Waals surface area contributed by atoms with Crippen molar-refractivity contribution in [3.05, 3.63) is 35.4 Å². The van der Waals surface area contributed by atoms with Crippen LogP contribution in [0.3, 0.4) is 0 Å². The summed E-state index contributed by atoms with van der Waals surface area (Å²) in [5.74, 6) is -6.58. The molecule has 3 rings (SSSR count). The van der Waals surface area contributed by atoms with E-state index in [4.69, 9.17) is 4.74 Å². The molecule has 13 nitrogen and oxygen atoms in total. The molecule has 2 saturated heterocycles. The number of carbonyl (C=O) groups excluding carboxylic acids is 5. The van der Waals surface area contributed by atoms with Gasteiger partial charge in [0.25, 0.3) is 0 Å². The number of hydrogen-bond donors (Lipinski definition) is 6. The lowest BCUT2D eigenvalue weighted by Crippen LogP contribution is -2.53. The van der Waals surface area contributed by atoms with Crippen LogP contribution in [0, 0.1) is 5.92 Å². The number of piperazine rings is 1. The number of benzene rings is 1. The molecule has 6 N–H and O–H groups in total. The lowest BCUT2D eigenvalue weighted by molar-refractivity contribution is -0.142. The molecule has 0 aliphatic carbocycles. The van der Waals surface area contributed by atoms with Crippen LogP contribution in [0.2, 0.25) is 0 Å². The van der Waals surface area contributed by atoms with Crippen LogP contribution in [0.1, 0.15) is 49.1 Å². The Morgan fingerprint density at radius 2 is 1.72 bits per heavy atom. The Balaban J connectivity index is 1.94. The molecule has 43 heavy (non-hydrogen) atoms. The SMILES string of the molecule is O=C1NCCCCC(C(=O)NCC(=O)N2CCNCC2)NC(=O)C(c2ccccc2C(F)(F)F)C(C(=O)NO)CCCO1. The largest absolute Gasteiger partial charge is 0.450 e. The van der Waals surface area contributed by atoms with E-state index in [0.29, 0.717) is 39.0 Å². The van der Waals surface area contributed by atoms with Crippen molar-refractivity contribution >= 4 is 29.7 Å². The molecule has 3 atom stereocenters. The summed E-state index contributed by atoms with van der Waals surface area (Å²) in [7, 11) is 0. The molecule has 16 heteroatoms. The number of cyclic esters (lactones) is 1. The van der Waals surface area contributed by atoms with Gasteiger partial charge in [-0.3, -0.25) is 24.4 Å². The Hall–Kier alpha value is -3.92. The smallest absolute Gasteiger partial charge is 0.416 e. The molecule has 0 aromatic heterocycles. The predicted molar refractivity (Wildman–Crippen MR) is 144 cm³/mol. The van der Waals surface area contributed by atoms with Gasteiger partial charge < -0.3 is 30.9 Å². The molecule has 0 bridgehead atoms. The highest BCUT2D eigenvalue weighted by Gasteiger charge is 2.42. The van der Waals surface area contributed by atoms with E-state index >= 15 is 0 Å². The van der Waals surface area contributed by atoms with Gasteiger partial charge >= 0.3 is 12.3 Å². The number of nitrogens with zero attached hydrogens (tertiary/aromatic N) is 1. The number of alkyl halides is 3. The molecule has 0 radical (unpaired) electrons. The average Bonchev–Trinajstić information content (AvgIpc) is 3.00. The summed E-state index contributed by atoms with van der Waals surface area (Å²) >= 11 is 0. The number of amides is 5. The number of hydrogen-bond acceptors (Lipinski definition) is 8. The van der Waals surface area contributed by atoms with Crippen molar-refractivity contribution in [3.63, 3.8) is 0 Å². The Kier molecular flexibility index (Phi) is 12.5. The van der Waals surface area contributed by atoms with Gasteiger partial charge in [-0.15, -0.1) is 0 Å². The number of alkyl carbamates (subject to hydrolysis) is 1. The third-order valence-electron chi connectivity index (χ3n) is 7.33. The fraction of sp³-hybridized carbons (Fsp3) is 0.593. The first-order chi connectivity index (χ1) is 20.5. The summed E-state index contributed by atoms with van der Waals surface area (Å²) in [6.07, 6.45) is -5.22. The van der Waals surface area contributed by atoms with E-state index in [9.17, 15) is 42.4 Å². The standard InChI is InChI=1S/C27H37F3N6O7/c28-27(29,30)19-8-2-1-6-17(19)22-18(23(38)35-42)7-5-15-43-26(41)32-10-4-3-9-20(34-25(22)40)24(39)33-16-21(37)36-13-11-31-12-14-36/h1-2,6,8,18,20,22,31,42H,3-5,7,9-16H2,(H,32,41)(H,33,39)(H,34,40)(H,35,38). The summed E-state index contributed by atoms with van der Waals surface area (Å²) in [5, 5.41) is 20.1. The number of ether oxygens (including phenoxy) is 1. The first kappa shape index (κ1) is 33.6. The van der Waals surface area contributed by atoms with Gasteiger partial charge in [-0.25, -0.2) is 10.3 Å². The highest BCUT2D eigenvalue weighted by molar-refractivity contribution is 5.95. The van der Waals surface area contributed by atoms with E-state index in [1.807, 2.05) is 0 Å². The lowest BCUT2D eigenvalue weighted by Gasteiger charge is -2.30. The Bertz CT molecular complexity index is 1150. The van der Waals surface area contributed by atoms with E-state index < -0.39 is 59.0 Å². The monoisotopic (exact) mass is 614 g/mol. The van der Waals surface area contributed by atoms with Gasteiger partial charge in [0.15, 0.2) is 0 Å². The van der Waals surface area contributed by atoms with Crippen molar-refractivity contribution in [1.29, 1.82) is 0 Å². The van der Waals surface area contributed by atoms with Gasteiger partial charge in [-0.05, 0) is 43.7 Å². The van der Waals surface area contributed by atoms with E-state index in [1.165, 1.54) is 11.5 Å². The minimum atomic E-state index is -4.89. The van der Waals surface area contributed by atoms with E-state index in [0.717, 1.165) is 18.2 Å². The van der Waals surface area contributed by atoms with E-state index in [-0.39, 0.29) is 44.9 Å². The number of hydroxylamine groups is 1. The fourth-order valence-electron chi connectivity index (χ4n) is 5.12. The van der Waals surface area contributed by atoms with Crippen LogP contribution < -0.4 is 26.7 Å². The summed E-state index contributed by atoms with van der Waals surface area (Å²) in [5.41, 5.74) is -0.277. The summed E-state index contributed by atoms with van der Waals surface area (Å²) in [6, 6.07) is 2.96. The van der Waals surface area contributed by atoms with Crippen molar-refractivity contribution in [1.82, 2.24) is 31.6 Å². The molecule has 2 aliphatic rings. The van der Waals surface area contributed by atoms with Gasteiger partial charge in [0, 0.05) is 32.7 Å². The third kappa shape index (κ3) is 9.81. The molecule has 0 saturated carbocycles. The van der Waals surface area contributed by atoms with Crippen molar-refractivity contribution in [2.75, 3.05) is 45.9 Å². The zero-order valence-electron chi connectivity index (χ0n) is 23.5. The van der Waals surface area contributed by atoms with Gasteiger partial charge in [0.05, 0.1) is 30.6 Å². The van der Waals surface area contributed by atoms with Crippen molar-refractivity contribution in [2.24, 2.45) is 5.92 Å². The van der Waals surface area contributed by atoms with E-state index in [2.05, 4.69) is 21.3 Å². The Morgan fingerprint density at radius 1 is 1.00 bits per heavy atom. The second-order valence-electron chi connectivity index (χ2n) is 10.3. The number of carbonyl (C=O) groups is 5. The van der Waals surface area contributed by atoms with Crippen LogP contribution in [-0.4, -0.2) is 91.7 Å². The number of halogens is 3. The van der Waals surface area contributed by atoms with Gasteiger partial charge in [-0.2, -0.15) is 13.2 Å². The highest BCUT2D eigenvalue weighted by Crippen LogP contribution is 2.39. The maximum Gasteiger partial charge on any atom is 0.416 e. The Labute approximate surface area is 246 Å². The minimum Gasteiger partial charge on any atom is -0.450 e. The normalized spacial score (nSPS) is 23.0. The lowest BCUT2D eigenvalue weighted by atomic mass is 9.79. The number of rotatable bonds is 5. The zero-order chi connectivity index (χ0) is 31.4. The molecule has 3 unspecified atom stereocenters. The topological polar surface area (TPSA) is 178 Å². The second kappa shape index (κ2) is 16.1. The van der Waals surface area contributed by atoms with Crippen LogP contribution in [-0.2, 0) is 30.1 Å². The summed E-state index contributed by atoms with van der Waals surface area (Å²) in [4.78, 5) is 66.0. The fourth-order valence-corrected chi connectivity index (χ4v) is 5.12. The van der Waals surface area contributed by atoms with Crippen LogP contribution >= 0.6 is 0 Å². The molecule has 2 fully saturated rings. The molecule has 238 valence electrons. The first-order valence-electron chi connectivity index (χ1n) is 14.1. The van der Waals surface area contributed by atoms with Crippen molar-refractivity contribution < 1.29 is 47.1 Å². The molecular formula is C27H37F3N6O7.